The number of fused-ring (bicyclic) bond motifs is 1. The maximum Gasteiger partial charge on any atom is 0.160 e. The summed E-state index contributed by atoms with van der Waals surface area (Å²) in [5.41, 5.74) is -0.105. The van der Waals surface area contributed by atoms with Crippen LogP contribution < -0.4 is 0 Å². The van der Waals surface area contributed by atoms with Gasteiger partial charge in [-0.2, -0.15) is 21.0 Å². The molecule has 0 unspecified atom stereocenters. The lowest BCUT2D eigenvalue weighted by molar-refractivity contribution is 0.644. The Kier molecular flexibility index (Phi) is 5.97. The smallest absolute Gasteiger partial charge is 0.160 e. The molecule has 0 N–H and O–H groups in total. The van der Waals surface area contributed by atoms with Crippen LogP contribution >= 0.6 is 45.3 Å². The summed E-state index contributed by atoms with van der Waals surface area (Å²) in [4.78, 5) is 3.04. The molecule has 0 atom stereocenters. The highest BCUT2D eigenvalue weighted by molar-refractivity contribution is 7.33. The van der Waals surface area contributed by atoms with Crippen LogP contribution in [0.4, 0.5) is 8.78 Å². The number of nitriles is 4. The van der Waals surface area contributed by atoms with Gasteiger partial charge >= 0.3 is 0 Å². The summed E-state index contributed by atoms with van der Waals surface area (Å²) >= 11 is 4.46. The van der Waals surface area contributed by atoms with E-state index < -0.39 is 11.6 Å². The molecule has 0 aromatic carbocycles. The summed E-state index contributed by atoms with van der Waals surface area (Å²) in [7, 11) is 0. The number of allylic oxidation sites excluding steroid dienone is 2. The molecule has 0 spiro atoms. The van der Waals surface area contributed by atoms with E-state index in [4.69, 9.17) is 21.0 Å². The maximum absolute atomic E-state index is 15.2. The van der Waals surface area contributed by atoms with Gasteiger partial charge in [0.05, 0.1) is 19.2 Å². The Morgan fingerprint density at radius 3 is 1.34 bits per heavy atom. The van der Waals surface area contributed by atoms with E-state index in [1.54, 1.807) is 48.5 Å². The van der Waals surface area contributed by atoms with Gasteiger partial charge in [-0.05, 0) is 36.4 Å². The Bertz CT molecular complexity index is 1450. The van der Waals surface area contributed by atoms with Crippen molar-refractivity contribution in [3.63, 3.8) is 0 Å². The van der Waals surface area contributed by atoms with Crippen LogP contribution in [0.2, 0.25) is 0 Å². The lowest BCUT2D eigenvalue weighted by Crippen LogP contribution is -1.71. The fourth-order valence-electron chi connectivity index (χ4n) is 2.77. The fraction of sp³-hybridized carbons (Fsp3) is 0. The minimum atomic E-state index is -0.508. The van der Waals surface area contributed by atoms with E-state index in [1.807, 2.05) is 0 Å². The Morgan fingerprint density at radius 2 is 1.00 bits per heavy atom. The van der Waals surface area contributed by atoms with Crippen molar-refractivity contribution in [2.75, 3.05) is 0 Å². The summed E-state index contributed by atoms with van der Waals surface area (Å²) in [5.74, 6) is -1.02. The van der Waals surface area contributed by atoms with Gasteiger partial charge in [-0.15, -0.1) is 45.3 Å². The molecule has 4 rings (SSSR count). The summed E-state index contributed by atoms with van der Waals surface area (Å²) in [5, 5.41) is 35.5. The van der Waals surface area contributed by atoms with Crippen LogP contribution in [0.15, 0.2) is 35.4 Å². The molecule has 0 fully saturated rings. The molecule has 4 aromatic rings. The van der Waals surface area contributed by atoms with Gasteiger partial charge in [-0.1, -0.05) is 0 Å². The molecule has 10 heteroatoms. The Labute approximate surface area is 196 Å². The van der Waals surface area contributed by atoms with Gasteiger partial charge in [0.15, 0.2) is 11.6 Å². The van der Waals surface area contributed by atoms with E-state index in [0.717, 1.165) is 22.7 Å². The standard InChI is InChI=1S/C22H6F2N4S4/c23-17-19(15-3-1-13(29-15)5-11(7-25)8-26)31-22-18(24)20(32-21(17)22)16-4-2-14(30-16)6-12(9-27)10-28/h1-6H. The van der Waals surface area contributed by atoms with E-state index in [2.05, 4.69) is 0 Å². The van der Waals surface area contributed by atoms with Gasteiger partial charge < -0.3 is 0 Å². The second-order valence-corrected chi connectivity index (χ2v) is 10.4. The quantitative estimate of drug-likeness (QED) is 0.275. The molecule has 0 radical (unpaired) electrons. The summed E-state index contributed by atoms with van der Waals surface area (Å²) < 4.78 is 30.8. The van der Waals surface area contributed by atoms with Crippen LogP contribution in [0.25, 0.3) is 41.1 Å². The monoisotopic (exact) mass is 492 g/mol. The van der Waals surface area contributed by atoms with Crippen molar-refractivity contribution in [2.24, 2.45) is 0 Å². The average molecular weight is 493 g/mol. The third-order valence-electron chi connectivity index (χ3n) is 4.17. The number of hydrogen-bond acceptors (Lipinski definition) is 8. The molecule has 0 saturated heterocycles. The van der Waals surface area contributed by atoms with Crippen LogP contribution in [0.1, 0.15) is 9.75 Å². The lowest BCUT2D eigenvalue weighted by atomic mass is 10.2. The predicted molar refractivity (Wildman–Crippen MR) is 125 cm³/mol. The third-order valence-corrected chi connectivity index (χ3v) is 9.04. The minimum absolute atomic E-state index is 0.0523. The van der Waals surface area contributed by atoms with Crippen molar-refractivity contribution < 1.29 is 8.78 Å². The summed E-state index contributed by atoms with van der Waals surface area (Å²) in [6.45, 7) is 0. The van der Waals surface area contributed by atoms with Gasteiger partial charge in [0.25, 0.3) is 0 Å². The highest BCUT2D eigenvalue weighted by Gasteiger charge is 2.24. The molecule has 4 aromatic heterocycles. The first kappa shape index (κ1) is 21.6. The van der Waals surface area contributed by atoms with Crippen LogP contribution in [-0.4, -0.2) is 0 Å². The molecule has 4 nitrogen and oxygen atoms in total. The molecule has 0 saturated carbocycles. The van der Waals surface area contributed by atoms with Crippen LogP contribution in [0, 0.1) is 57.0 Å². The molecule has 0 aliphatic carbocycles. The first-order valence-electron chi connectivity index (χ1n) is 8.63. The highest BCUT2D eigenvalue weighted by Crippen LogP contribution is 2.49. The Hall–Kier alpha value is -3.64. The van der Waals surface area contributed by atoms with Crippen molar-refractivity contribution in [3.8, 4) is 43.8 Å². The number of halogens is 2. The molecule has 0 amide bonds. The van der Waals surface area contributed by atoms with Crippen molar-refractivity contribution in [1.82, 2.24) is 0 Å². The zero-order chi connectivity index (χ0) is 22.8. The Balaban J connectivity index is 1.72. The molecule has 0 aliphatic rings. The topological polar surface area (TPSA) is 95.2 Å². The number of rotatable bonds is 4. The van der Waals surface area contributed by atoms with E-state index in [-0.39, 0.29) is 20.5 Å². The largest absolute Gasteiger partial charge is 0.204 e. The zero-order valence-corrected chi connectivity index (χ0v) is 18.9. The second kappa shape index (κ2) is 8.85. The molecule has 32 heavy (non-hydrogen) atoms. The van der Waals surface area contributed by atoms with E-state index in [1.165, 1.54) is 34.8 Å². The molecule has 4 heterocycles. The number of nitrogens with zero attached hydrogens (tertiary/aromatic N) is 4. The van der Waals surface area contributed by atoms with Crippen molar-refractivity contribution in [3.05, 3.63) is 56.8 Å². The van der Waals surface area contributed by atoms with Crippen molar-refractivity contribution >= 4 is 66.9 Å². The predicted octanol–water partition coefficient (Wildman–Crippen LogP) is 7.56. The molecule has 0 bridgehead atoms. The Morgan fingerprint density at radius 1 is 0.625 bits per heavy atom. The first-order chi connectivity index (χ1) is 15.5. The van der Waals surface area contributed by atoms with Crippen molar-refractivity contribution in [1.29, 1.82) is 21.0 Å². The summed E-state index contributed by atoms with van der Waals surface area (Å²) in [6.07, 6.45) is 2.85. The van der Waals surface area contributed by atoms with Crippen LogP contribution in [0.3, 0.4) is 0 Å². The number of thiophene rings is 4. The van der Waals surface area contributed by atoms with Gasteiger partial charge in [-0.25, -0.2) is 8.78 Å². The fourth-order valence-corrected chi connectivity index (χ4v) is 7.29. The maximum atomic E-state index is 15.2. The van der Waals surface area contributed by atoms with E-state index >= 15 is 8.78 Å². The molecule has 152 valence electrons. The van der Waals surface area contributed by atoms with Gasteiger partial charge in [-0.3, -0.25) is 0 Å². The second-order valence-electron chi connectivity index (χ2n) is 6.12. The molecular weight excluding hydrogens is 487 g/mol. The zero-order valence-electron chi connectivity index (χ0n) is 15.6. The molecular formula is C22H6F2N4S4. The van der Waals surface area contributed by atoms with Crippen LogP contribution in [0.5, 0.6) is 0 Å². The van der Waals surface area contributed by atoms with Gasteiger partial charge in [0.1, 0.15) is 35.4 Å². The third kappa shape index (κ3) is 3.85. The van der Waals surface area contributed by atoms with E-state index in [0.29, 0.717) is 29.3 Å². The van der Waals surface area contributed by atoms with Crippen LogP contribution in [-0.2, 0) is 0 Å². The average Bonchev–Trinajstić information content (AvgIpc) is 3.57. The summed E-state index contributed by atoms with van der Waals surface area (Å²) in [6, 6.07) is 13.8. The molecule has 0 aliphatic heterocycles. The van der Waals surface area contributed by atoms with Gasteiger partial charge in [0.2, 0.25) is 0 Å². The van der Waals surface area contributed by atoms with Gasteiger partial charge in [0, 0.05) is 19.5 Å². The minimum Gasteiger partial charge on any atom is -0.204 e. The lowest BCUT2D eigenvalue weighted by Gasteiger charge is -1.94. The number of hydrogen-bond donors (Lipinski definition) is 0. The van der Waals surface area contributed by atoms with E-state index in [9.17, 15) is 0 Å². The normalized spacial score (nSPS) is 10.1. The highest BCUT2D eigenvalue weighted by atomic mass is 32.1. The first-order valence-corrected chi connectivity index (χ1v) is 11.9. The van der Waals surface area contributed by atoms with Crippen molar-refractivity contribution in [2.45, 2.75) is 0 Å². The SMILES string of the molecule is N#CC(C#N)=Cc1ccc(-c2sc3c(F)c(-c4ccc(C=C(C#N)C#N)s4)sc3c2F)s1.